The van der Waals surface area contributed by atoms with E-state index in [0.717, 1.165) is 11.1 Å². The topological polar surface area (TPSA) is 56.5 Å². The summed E-state index contributed by atoms with van der Waals surface area (Å²) < 4.78 is 6.56. The molecule has 0 unspecified atom stereocenters. The van der Waals surface area contributed by atoms with Crippen molar-refractivity contribution in [2.75, 3.05) is 7.11 Å². The van der Waals surface area contributed by atoms with Gasteiger partial charge in [-0.2, -0.15) is 0 Å². The fourth-order valence-electron chi connectivity index (χ4n) is 2.38. The van der Waals surface area contributed by atoms with Crippen LogP contribution in [0.3, 0.4) is 0 Å². The van der Waals surface area contributed by atoms with Crippen LogP contribution in [0, 0.1) is 13.8 Å². The van der Waals surface area contributed by atoms with E-state index >= 15 is 0 Å². The summed E-state index contributed by atoms with van der Waals surface area (Å²) in [7, 11) is 1.36. The van der Waals surface area contributed by atoms with Gasteiger partial charge in [0.25, 0.3) is 0 Å². The Balaban J connectivity index is 2.20. The van der Waals surface area contributed by atoms with E-state index in [9.17, 15) is 4.79 Å². The van der Waals surface area contributed by atoms with Gasteiger partial charge in [-0.3, -0.25) is 4.40 Å². The Labute approximate surface area is 122 Å². The SMILES string of the molecule is COC(=O)c1ccc2nnc(-c3ccc(C)cc3C)n2c1. The Morgan fingerprint density at radius 1 is 1.14 bits per heavy atom. The first kappa shape index (κ1) is 13.3. The Morgan fingerprint density at radius 2 is 1.95 bits per heavy atom. The van der Waals surface area contributed by atoms with Gasteiger partial charge in [0.05, 0.1) is 12.7 Å². The van der Waals surface area contributed by atoms with Crippen LogP contribution >= 0.6 is 0 Å². The van der Waals surface area contributed by atoms with E-state index < -0.39 is 0 Å². The summed E-state index contributed by atoms with van der Waals surface area (Å²) in [5.74, 6) is 0.338. The minimum Gasteiger partial charge on any atom is -0.465 e. The number of methoxy groups -OCH3 is 1. The molecule has 0 aliphatic rings. The number of aryl methyl sites for hydroxylation is 2. The van der Waals surface area contributed by atoms with E-state index in [2.05, 4.69) is 16.3 Å². The van der Waals surface area contributed by atoms with E-state index in [1.165, 1.54) is 12.7 Å². The number of pyridine rings is 1. The van der Waals surface area contributed by atoms with E-state index in [4.69, 9.17) is 4.74 Å². The number of carbonyl (C=O) groups excluding carboxylic acids is 1. The van der Waals surface area contributed by atoms with E-state index in [1.54, 1.807) is 18.3 Å². The summed E-state index contributed by atoms with van der Waals surface area (Å²) in [6, 6.07) is 9.59. The second-order valence-electron chi connectivity index (χ2n) is 4.98. The standard InChI is InChI=1S/C16H15N3O2/c1-10-4-6-13(11(2)8-10)15-18-17-14-7-5-12(9-19(14)15)16(20)21-3/h4-9H,1-3H3. The molecule has 0 aliphatic carbocycles. The first-order valence-electron chi connectivity index (χ1n) is 6.61. The fraction of sp³-hybridized carbons (Fsp3) is 0.188. The van der Waals surface area contributed by atoms with Gasteiger partial charge >= 0.3 is 5.97 Å². The van der Waals surface area contributed by atoms with Crippen molar-refractivity contribution in [3.8, 4) is 11.4 Å². The molecule has 0 fully saturated rings. The average Bonchev–Trinajstić information content (AvgIpc) is 2.89. The van der Waals surface area contributed by atoms with Crippen LogP contribution in [0.5, 0.6) is 0 Å². The molecule has 0 aliphatic heterocycles. The molecular weight excluding hydrogens is 266 g/mol. The van der Waals surface area contributed by atoms with Crippen molar-refractivity contribution in [2.24, 2.45) is 0 Å². The monoisotopic (exact) mass is 281 g/mol. The number of rotatable bonds is 2. The van der Waals surface area contributed by atoms with Gasteiger partial charge in [-0.05, 0) is 31.5 Å². The number of benzene rings is 1. The quantitative estimate of drug-likeness (QED) is 0.678. The van der Waals surface area contributed by atoms with Crippen LogP contribution in [0.4, 0.5) is 0 Å². The van der Waals surface area contributed by atoms with Crippen LogP contribution in [0.25, 0.3) is 17.0 Å². The second-order valence-corrected chi connectivity index (χ2v) is 4.98. The number of aromatic nitrogens is 3. The summed E-state index contributed by atoms with van der Waals surface area (Å²) in [5.41, 5.74) is 4.47. The van der Waals surface area contributed by atoms with E-state index in [1.807, 2.05) is 30.4 Å². The number of esters is 1. The van der Waals surface area contributed by atoms with Crippen molar-refractivity contribution in [2.45, 2.75) is 13.8 Å². The lowest BCUT2D eigenvalue weighted by atomic mass is 10.1. The Hall–Kier alpha value is -2.69. The first-order valence-corrected chi connectivity index (χ1v) is 6.61. The Kier molecular flexibility index (Phi) is 3.17. The molecule has 2 aromatic heterocycles. The Morgan fingerprint density at radius 3 is 2.67 bits per heavy atom. The van der Waals surface area contributed by atoms with Crippen molar-refractivity contribution in [1.82, 2.24) is 14.6 Å². The predicted octanol–water partition coefficient (Wildman–Crippen LogP) is 2.80. The van der Waals surface area contributed by atoms with Crippen molar-refractivity contribution >= 4 is 11.6 Å². The van der Waals surface area contributed by atoms with Crippen LogP contribution in [0.15, 0.2) is 36.5 Å². The molecular formula is C16H15N3O2. The van der Waals surface area contributed by atoms with Crippen LogP contribution in [0.1, 0.15) is 21.5 Å². The maximum atomic E-state index is 11.7. The highest BCUT2D eigenvalue weighted by atomic mass is 16.5. The average molecular weight is 281 g/mol. The van der Waals surface area contributed by atoms with Gasteiger partial charge in [0, 0.05) is 11.8 Å². The third-order valence-corrected chi connectivity index (χ3v) is 3.45. The summed E-state index contributed by atoms with van der Waals surface area (Å²) in [6.07, 6.45) is 1.70. The highest BCUT2D eigenvalue weighted by Crippen LogP contribution is 2.23. The third kappa shape index (κ3) is 2.27. The number of ether oxygens (including phenoxy) is 1. The second kappa shape index (κ2) is 5.01. The molecule has 0 amide bonds. The lowest BCUT2D eigenvalue weighted by Gasteiger charge is -2.06. The number of nitrogens with zero attached hydrogens (tertiary/aromatic N) is 3. The molecule has 5 heteroatoms. The summed E-state index contributed by atoms with van der Waals surface area (Å²) in [4.78, 5) is 11.7. The van der Waals surface area contributed by atoms with Crippen LogP contribution in [0.2, 0.25) is 0 Å². The molecule has 2 heterocycles. The predicted molar refractivity (Wildman–Crippen MR) is 79.2 cm³/mol. The van der Waals surface area contributed by atoms with E-state index in [0.29, 0.717) is 17.0 Å². The zero-order valence-corrected chi connectivity index (χ0v) is 12.1. The van der Waals surface area contributed by atoms with Crippen LogP contribution in [-0.4, -0.2) is 27.7 Å². The Bertz CT molecular complexity index is 837. The van der Waals surface area contributed by atoms with E-state index in [-0.39, 0.29) is 5.97 Å². The van der Waals surface area contributed by atoms with Gasteiger partial charge in [0.15, 0.2) is 11.5 Å². The van der Waals surface area contributed by atoms with Crippen molar-refractivity contribution in [1.29, 1.82) is 0 Å². The van der Waals surface area contributed by atoms with Gasteiger partial charge in [-0.1, -0.05) is 23.8 Å². The van der Waals surface area contributed by atoms with Crippen LogP contribution in [-0.2, 0) is 4.74 Å². The number of fused-ring (bicyclic) bond motifs is 1. The molecule has 0 N–H and O–H groups in total. The normalized spacial score (nSPS) is 10.8. The number of hydrogen-bond acceptors (Lipinski definition) is 4. The van der Waals surface area contributed by atoms with Gasteiger partial charge in [0.2, 0.25) is 0 Å². The van der Waals surface area contributed by atoms with Gasteiger partial charge < -0.3 is 4.74 Å². The molecule has 0 radical (unpaired) electrons. The summed E-state index contributed by atoms with van der Waals surface area (Å²) in [6.45, 7) is 4.08. The van der Waals surface area contributed by atoms with Crippen molar-refractivity contribution in [3.05, 3.63) is 53.2 Å². The van der Waals surface area contributed by atoms with Gasteiger partial charge in [-0.25, -0.2) is 4.79 Å². The maximum Gasteiger partial charge on any atom is 0.339 e. The van der Waals surface area contributed by atoms with Gasteiger partial charge in [-0.15, -0.1) is 10.2 Å². The lowest BCUT2D eigenvalue weighted by Crippen LogP contribution is -2.03. The molecule has 3 aromatic rings. The number of hydrogen-bond donors (Lipinski definition) is 0. The van der Waals surface area contributed by atoms with Crippen LogP contribution < -0.4 is 0 Å². The zero-order chi connectivity index (χ0) is 15.0. The summed E-state index contributed by atoms with van der Waals surface area (Å²) in [5, 5.41) is 8.39. The number of carbonyl (C=O) groups is 1. The summed E-state index contributed by atoms with van der Waals surface area (Å²) >= 11 is 0. The fourth-order valence-corrected chi connectivity index (χ4v) is 2.38. The molecule has 0 saturated carbocycles. The highest BCUT2D eigenvalue weighted by molar-refractivity contribution is 5.89. The largest absolute Gasteiger partial charge is 0.465 e. The molecule has 0 saturated heterocycles. The van der Waals surface area contributed by atoms with Crippen molar-refractivity contribution < 1.29 is 9.53 Å². The third-order valence-electron chi connectivity index (χ3n) is 3.45. The lowest BCUT2D eigenvalue weighted by molar-refractivity contribution is 0.0600. The zero-order valence-electron chi connectivity index (χ0n) is 12.1. The molecule has 1 aromatic carbocycles. The molecule has 21 heavy (non-hydrogen) atoms. The minimum atomic E-state index is -0.378. The molecule has 0 spiro atoms. The van der Waals surface area contributed by atoms with Crippen molar-refractivity contribution in [3.63, 3.8) is 0 Å². The molecule has 106 valence electrons. The molecule has 0 atom stereocenters. The molecule has 0 bridgehead atoms. The molecule has 3 rings (SSSR count). The first-order chi connectivity index (χ1) is 10.1. The maximum absolute atomic E-state index is 11.7. The highest BCUT2D eigenvalue weighted by Gasteiger charge is 2.13. The van der Waals surface area contributed by atoms with Gasteiger partial charge in [0.1, 0.15) is 0 Å². The molecule has 5 nitrogen and oxygen atoms in total. The smallest absolute Gasteiger partial charge is 0.339 e. The minimum absolute atomic E-state index is 0.378.